The van der Waals surface area contributed by atoms with Crippen LogP contribution in [0.1, 0.15) is 30.9 Å². The van der Waals surface area contributed by atoms with Crippen LogP contribution in [0.4, 0.5) is 0 Å². The van der Waals surface area contributed by atoms with E-state index in [9.17, 15) is 0 Å². The molecule has 4 nitrogen and oxygen atoms in total. The third-order valence-corrected chi connectivity index (χ3v) is 3.52. The van der Waals surface area contributed by atoms with Gasteiger partial charge in [0.1, 0.15) is 11.6 Å². The van der Waals surface area contributed by atoms with Crippen LogP contribution in [0.2, 0.25) is 0 Å². The molecule has 1 saturated heterocycles. The Morgan fingerprint density at radius 1 is 1.20 bits per heavy atom. The van der Waals surface area contributed by atoms with Crippen LogP contribution in [0.5, 0.6) is 0 Å². The summed E-state index contributed by atoms with van der Waals surface area (Å²) >= 11 is 0. The van der Waals surface area contributed by atoms with Gasteiger partial charge < -0.3 is 9.88 Å². The Kier molecular flexibility index (Phi) is 2.44. The number of hydrogen-bond donors (Lipinski definition) is 1. The third-order valence-electron chi connectivity index (χ3n) is 3.52. The molecule has 3 heterocycles. The summed E-state index contributed by atoms with van der Waals surface area (Å²) in [4.78, 5) is 0. The van der Waals surface area contributed by atoms with Crippen LogP contribution in [-0.4, -0.2) is 27.9 Å². The molecule has 0 radical (unpaired) electrons. The van der Waals surface area contributed by atoms with Gasteiger partial charge in [-0.1, -0.05) is 6.42 Å². The molecule has 82 valence electrons. The summed E-state index contributed by atoms with van der Waals surface area (Å²) in [7, 11) is 0. The molecule has 2 aliphatic rings. The fraction of sp³-hybridized carbons (Fsp3) is 0.818. The van der Waals surface area contributed by atoms with Gasteiger partial charge in [0.15, 0.2) is 0 Å². The van der Waals surface area contributed by atoms with Gasteiger partial charge in [0.05, 0.1) is 0 Å². The molecule has 1 aromatic rings. The summed E-state index contributed by atoms with van der Waals surface area (Å²) in [5.74, 6) is 3.23. The maximum atomic E-state index is 4.35. The van der Waals surface area contributed by atoms with E-state index in [1.807, 2.05) is 0 Å². The molecule has 4 heteroatoms. The molecule has 3 rings (SSSR count). The Balaban J connectivity index is 1.78. The molecule has 0 amide bonds. The lowest BCUT2D eigenvalue weighted by molar-refractivity contribution is 0.336. The molecule has 0 aromatic carbocycles. The molecule has 0 unspecified atom stereocenters. The summed E-state index contributed by atoms with van der Waals surface area (Å²) in [6.45, 7) is 3.45. The summed E-state index contributed by atoms with van der Waals surface area (Å²) in [5, 5.41) is 12.0. The van der Waals surface area contributed by atoms with Gasteiger partial charge in [0.2, 0.25) is 0 Å². The van der Waals surface area contributed by atoms with Gasteiger partial charge in [-0.15, -0.1) is 10.2 Å². The molecule has 2 aliphatic heterocycles. The lowest BCUT2D eigenvalue weighted by Crippen LogP contribution is -2.43. The van der Waals surface area contributed by atoms with E-state index in [0.717, 1.165) is 38.4 Å². The maximum Gasteiger partial charge on any atom is 0.133 e. The number of fused-ring (bicyclic) bond motifs is 1. The first kappa shape index (κ1) is 9.33. The summed E-state index contributed by atoms with van der Waals surface area (Å²) in [6.07, 6.45) is 6.15. The van der Waals surface area contributed by atoms with E-state index in [1.165, 1.54) is 30.9 Å². The molecule has 1 N–H and O–H groups in total. The molecule has 0 spiro atoms. The first-order valence-corrected chi connectivity index (χ1v) is 6.05. The molecule has 1 aromatic heterocycles. The van der Waals surface area contributed by atoms with Crippen molar-refractivity contribution in [2.75, 3.05) is 13.1 Å². The van der Waals surface area contributed by atoms with Crippen LogP contribution < -0.4 is 5.32 Å². The van der Waals surface area contributed by atoms with Crippen molar-refractivity contribution in [3.05, 3.63) is 11.6 Å². The predicted molar refractivity (Wildman–Crippen MR) is 57.6 cm³/mol. The zero-order chi connectivity index (χ0) is 10.1. The lowest BCUT2D eigenvalue weighted by Gasteiger charge is -2.26. The Bertz CT molecular complexity index is 340. The molecule has 0 bridgehead atoms. The van der Waals surface area contributed by atoms with Crippen LogP contribution in [0, 0.1) is 5.92 Å². The SMILES string of the molecule is C1CCc2nnc(CC3CNC3)n2CC1. The highest BCUT2D eigenvalue weighted by Crippen LogP contribution is 2.17. The van der Waals surface area contributed by atoms with Crippen molar-refractivity contribution in [2.24, 2.45) is 5.92 Å². The fourth-order valence-corrected chi connectivity index (χ4v) is 2.45. The second-order valence-corrected chi connectivity index (χ2v) is 4.72. The largest absolute Gasteiger partial charge is 0.316 e. The minimum absolute atomic E-state index is 0.793. The Hall–Kier alpha value is -0.900. The van der Waals surface area contributed by atoms with Crippen LogP contribution in [0.15, 0.2) is 0 Å². The molecule has 0 aliphatic carbocycles. The number of rotatable bonds is 2. The second kappa shape index (κ2) is 3.93. The van der Waals surface area contributed by atoms with E-state index >= 15 is 0 Å². The lowest BCUT2D eigenvalue weighted by atomic mass is 9.99. The number of aromatic nitrogens is 3. The van der Waals surface area contributed by atoms with Gasteiger partial charge >= 0.3 is 0 Å². The van der Waals surface area contributed by atoms with E-state index in [0.29, 0.717) is 0 Å². The highest BCUT2D eigenvalue weighted by molar-refractivity contribution is 5.00. The van der Waals surface area contributed by atoms with Crippen LogP contribution in [-0.2, 0) is 19.4 Å². The Labute approximate surface area is 90.1 Å². The molecule has 0 saturated carbocycles. The minimum Gasteiger partial charge on any atom is -0.316 e. The third kappa shape index (κ3) is 1.78. The normalized spacial score (nSPS) is 21.9. The van der Waals surface area contributed by atoms with Gasteiger partial charge in [-0.2, -0.15) is 0 Å². The summed E-state index contributed by atoms with van der Waals surface area (Å²) in [5.41, 5.74) is 0. The first-order valence-electron chi connectivity index (χ1n) is 6.05. The predicted octanol–water partition coefficient (Wildman–Crippen LogP) is 0.766. The maximum absolute atomic E-state index is 4.35. The zero-order valence-electron chi connectivity index (χ0n) is 9.08. The zero-order valence-corrected chi connectivity index (χ0v) is 9.08. The number of nitrogens with one attached hydrogen (secondary N) is 1. The van der Waals surface area contributed by atoms with Gasteiger partial charge in [-0.25, -0.2) is 0 Å². The monoisotopic (exact) mass is 206 g/mol. The molecular weight excluding hydrogens is 188 g/mol. The average Bonchev–Trinajstić information content (AvgIpc) is 2.42. The number of nitrogens with zero attached hydrogens (tertiary/aromatic N) is 3. The average molecular weight is 206 g/mol. The first-order chi connectivity index (χ1) is 7.43. The molecule has 15 heavy (non-hydrogen) atoms. The summed E-state index contributed by atoms with van der Waals surface area (Å²) in [6, 6.07) is 0. The van der Waals surface area contributed by atoms with Crippen molar-refractivity contribution in [1.29, 1.82) is 0 Å². The second-order valence-electron chi connectivity index (χ2n) is 4.72. The molecular formula is C11H18N4. The molecule has 0 atom stereocenters. The standard InChI is InChI=1S/C11H18N4/c1-2-4-10-13-14-11(15(10)5-3-1)6-9-7-12-8-9/h9,12H,1-8H2. The molecule has 1 fully saturated rings. The number of aryl methyl sites for hydroxylation is 1. The van der Waals surface area contributed by atoms with Crippen LogP contribution >= 0.6 is 0 Å². The number of hydrogen-bond acceptors (Lipinski definition) is 3. The van der Waals surface area contributed by atoms with Crippen LogP contribution in [0.3, 0.4) is 0 Å². The van der Waals surface area contributed by atoms with Crippen LogP contribution in [0.25, 0.3) is 0 Å². The van der Waals surface area contributed by atoms with Gasteiger partial charge in [0, 0.05) is 19.4 Å². The highest BCUT2D eigenvalue weighted by Gasteiger charge is 2.22. The Morgan fingerprint density at radius 2 is 2.13 bits per heavy atom. The topological polar surface area (TPSA) is 42.7 Å². The van der Waals surface area contributed by atoms with Crippen molar-refractivity contribution in [2.45, 2.75) is 38.6 Å². The minimum atomic E-state index is 0.793. The van der Waals surface area contributed by atoms with Crippen molar-refractivity contribution in [1.82, 2.24) is 20.1 Å². The fourth-order valence-electron chi connectivity index (χ4n) is 2.45. The quantitative estimate of drug-likeness (QED) is 0.777. The van der Waals surface area contributed by atoms with Crippen molar-refractivity contribution < 1.29 is 0 Å². The van der Waals surface area contributed by atoms with E-state index in [-0.39, 0.29) is 0 Å². The summed E-state index contributed by atoms with van der Waals surface area (Å²) < 4.78 is 2.37. The van der Waals surface area contributed by atoms with E-state index in [2.05, 4.69) is 20.1 Å². The van der Waals surface area contributed by atoms with Crippen molar-refractivity contribution >= 4 is 0 Å². The highest BCUT2D eigenvalue weighted by atomic mass is 15.3. The van der Waals surface area contributed by atoms with Gasteiger partial charge in [-0.05, 0) is 31.8 Å². The van der Waals surface area contributed by atoms with Gasteiger partial charge in [0.25, 0.3) is 0 Å². The smallest absolute Gasteiger partial charge is 0.133 e. The van der Waals surface area contributed by atoms with E-state index in [1.54, 1.807) is 0 Å². The van der Waals surface area contributed by atoms with E-state index < -0.39 is 0 Å². The Morgan fingerprint density at radius 3 is 2.93 bits per heavy atom. The van der Waals surface area contributed by atoms with E-state index in [4.69, 9.17) is 0 Å². The van der Waals surface area contributed by atoms with Crippen molar-refractivity contribution in [3.63, 3.8) is 0 Å². The van der Waals surface area contributed by atoms with Crippen molar-refractivity contribution in [3.8, 4) is 0 Å². The van der Waals surface area contributed by atoms with Gasteiger partial charge in [-0.3, -0.25) is 0 Å².